The van der Waals surface area contributed by atoms with Crippen LogP contribution in [0, 0.1) is 0 Å². The van der Waals surface area contributed by atoms with E-state index in [4.69, 9.17) is 31.9 Å². The molecule has 18 heavy (non-hydrogen) atoms. The summed E-state index contributed by atoms with van der Waals surface area (Å²) in [6, 6.07) is 0.562. The van der Waals surface area contributed by atoms with Crippen LogP contribution in [0.4, 0.5) is 0 Å². The van der Waals surface area contributed by atoms with Gasteiger partial charge in [-0.1, -0.05) is 12.8 Å². The largest absolute Gasteiger partial charge is 0.479 e. The van der Waals surface area contributed by atoms with Gasteiger partial charge >= 0.3 is 11.9 Å². The molecule has 0 aromatic heterocycles. The van der Waals surface area contributed by atoms with E-state index in [2.05, 4.69) is 0 Å². The molecule has 0 aromatic carbocycles. The van der Waals surface area contributed by atoms with Crippen molar-refractivity contribution in [2.45, 2.75) is 50.0 Å². The highest BCUT2D eigenvalue weighted by Gasteiger charge is 2.29. The zero-order valence-corrected chi connectivity index (χ0v) is 9.90. The van der Waals surface area contributed by atoms with E-state index in [-0.39, 0.29) is 12.1 Å². The third-order valence-electron chi connectivity index (χ3n) is 2.68. The number of rotatable bonds is 3. The van der Waals surface area contributed by atoms with Gasteiger partial charge in [-0.05, 0) is 12.8 Å². The van der Waals surface area contributed by atoms with Crippen molar-refractivity contribution in [2.24, 2.45) is 11.5 Å². The topological polar surface area (TPSA) is 167 Å². The molecule has 1 fully saturated rings. The fourth-order valence-corrected chi connectivity index (χ4v) is 1.46. The summed E-state index contributed by atoms with van der Waals surface area (Å²) in [5, 5.41) is 32.5. The predicted molar refractivity (Wildman–Crippen MR) is 61.7 cm³/mol. The van der Waals surface area contributed by atoms with E-state index in [0.717, 1.165) is 12.8 Å². The van der Waals surface area contributed by atoms with Gasteiger partial charge < -0.3 is 31.9 Å². The van der Waals surface area contributed by atoms with Crippen molar-refractivity contribution >= 4 is 11.9 Å². The number of hydrogen-bond donors (Lipinski definition) is 6. The summed E-state index contributed by atoms with van der Waals surface area (Å²) in [5.74, 6) is -3.54. The Balaban J connectivity index is 0.000000327. The molecule has 1 saturated carbocycles. The molecule has 1 rings (SSSR count). The van der Waals surface area contributed by atoms with Crippen molar-refractivity contribution < 1.29 is 30.0 Å². The fourth-order valence-electron chi connectivity index (χ4n) is 1.46. The van der Waals surface area contributed by atoms with Crippen molar-refractivity contribution in [3.05, 3.63) is 0 Å². The van der Waals surface area contributed by atoms with Gasteiger partial charge in [0.05, 0.1) is 0 Å². The van der Waals surface area contributed by atoms with Crippen LogP contribution in [0.3, 0.4) is 0 Å². The minimum atomic E-state index is -2.27. The SMILES string of the molecule is N[C@@H]1CCCC[C@H]1N.O=C(O)[C@H](O)[C@@H](O)C(=O)O. The Labute approximate surface area is 104 Å². The second kappa shape index (κ2) is 7.98. The minimum Gasteiger partial charge on any atom is -0.479 e. The standard InChI is InChI=1S/C6H14N2.C4H6O6/c7-5-3-1-2-4-6(5)8;5-1(3(7)8)2(6)4(9)10/h5-6H,1-4,7-8H2;1-2,5-6H,(H,7,8)(H,9,10)/t5-,6-;1-,2-/m11/s1. The third kappa shape index (κ3) is 5.92. The van der Waals surface area contributed by atoms with Gasteiger partial charge in [0.2, 0.25) is 0 Å². The molecule has 0 bridgehead atoms. The zero-order chi connectivity index (χ0) is 14.3. The summed E-state index contributed by atoms with van der Waals surface area (Å²) in [4.78, 5) is 19.5. The van der Waals surface area contributed by atoms with Gasteiger partial charge in [-0.15, -0.1) is 0 Å². The monoisotopic (exact) mass is 264 g/mol. The lowest BCUT2D eigenvalue weighted by Crippen LogP contribution is -2.43. The van der Waals surface area contributed by atoms with Gasteiger partial charge in [0.15, 0.2) is 12.2 Å². The second-order valence-electron chi connectivity index (χ2n) is 4.18. The number of carbonyl (C=O) groups is 2. The Kier molecular flexibility index (Phi) is 7.44. The predicted octanol–water partition coefficient (Wildman–Crippen LogP) is -1.91. The number of aliphatic hydroxyl groups excluding tert-OH is 2. The molecular formula is C10H20N2O6. The quantitative estimate of drug-likeness (QED) is 0.343. The first-order valence-electron chi connectivity index (χ1n) is 5.60. The van der Waals surface area contributed by atoms with Gasteiger partial charge in [-0.3, -0.25) is 0 Å². The Morgan fingerprint density at radius 3 is 1.33 bits per heavy atom. The van der Waals surface area contributed by atoms with Crippen LogP contribution in [0.2, 0.25) is 0 Å². The molecule has 0 aromatic rings. The highest BCUT2D eigenvalue weighted by atomic mass is 16.4. The van der Waals surface area contributed by atoms with E-state index in [1.165, 1.54) is 12.8 Å². The van der Waals surface area contributed by atoms with E-state index in [0.29, 0.717) is 0 Å². The first kappa shape index (κ1) is 16.8. The van der Waals surface area contributed by atoms with Gasteiger partial charge in [0, 0.05) is 12.1 Å². The molecule has 0 spiro atoms. The number of carboxylic acid groups (broad SMARTS) is 2. The van der Waals surface area contributed by atoms with Crippen LogP contribution in [0.1, 0.15) is 25.7 Å². The van der Waals surface area contributed by atoms with E-state index < -0.39 is 24.1 Å². The third-order valence-corrected chi connectivity index (χ3v) is 2.68. The molecule has 0 heterocycles. The number of hydrogen-bond acceptors (Lipinski definition) is 6. The molecular weight excluding hydrogens is 244 g/mol. The fraction of sp³-hybridized carbons (Fsp3) is 0.800. The van der Waals surface area contributed by atoms with Crippen LogP contribution in [0.5, 0.6) is 0 Å². The van der Waals surface area contributed by atoms with Gasteiger partial charge in [-0.2, -0.15) is 0 Å². The summed E-state index contributed by atoms with van der Waals surface area (Å²) >= 11 is 0. The molecule has 1 aliphatic carbocycles. The molecule has 1 aliphatic rings. The van der Waals surface area contributed by atoms with Crippen LogP contribution in [-0.4, -0.2) is 56.7 Å². The molecule has 0 unspecified atom stereocenters. The number of carboxylic acids is 2. The lowest BCUT2D eigenvalue weighted by atomic mass is 9.92. The summed E-state index contributed by atoms with van der Waals surface area (Å²) < 4.78 is 0. The number of aliphatic hydroxyl groups is 2. The normalized spacial score (nSPS) is 26.4. The molecule has 0 radical (unpaired) electrons. The van der Waals surface area contributed by atoms with Crippen LogP contribution in [-0.2, 0) is 9.59 Å². The Morgan fingerprint density at radius 2 is 1.17 bits per heavy atom. The lowest BCUT2D eigenvalue weighted by Gasteiger charge is -2.24. The van der Waals surface area contributed by atoms with E-state index in [1.807, 2.05) is 0 Å². The van der Waals surface area contributed by atoms with Gasteiger partial charge in [0.1, 0.15) is 0 Å². The molecule has 8 nitrogen and oxygen atoms in total. The molecule has 8 heteroatoms. The van der Waals surface area contributed by atoms with Crippen LogP contribution in [0.25, 0.3) is 0 Å². The molecule has 4 atom stereocenters. The molecule has 0 saturated heterocycles. The summed E-state index contributed by atoms with van der Waals surface area (Å²) in [7, 11) is 0. The highest BCUT2D eigenvalue weighted by molar-refractivity contribution is 5.83. The van der Waals surface area contributed by atoms with Crippen LogP contribution < -0.4 is 11.5 Å². The van der Waals surface area contributed by atoms with Crippen LogP contribution in [0.15, 0.2) is 0 Å². The van der Waals surface area contributed by atoms with Crippen LogP contribution >= 0.6 is 0 Å². The maximum atomic E-state index is 9.77. The van der Waals surface area contributed by atoms with Gasteiger partial charge in [0.25, 0.3) is 0 Å². The minimum absolute atomic E-state index is 0.281. The first-order chi connectivity index (χ1) is 8.27. The molecule has 0 aliphatic heterocycles. The van der Waals surface area contributed by atoms with E-state index in [9.17, 15) is 9.59 Å². The Hall–Kier alpha value is -1.22. The lowest BCUT2D eigenvalue weighted by molar-refractivity contribution is -0.165. The smallest absolute Gasteiger partial charge is 0.335 e. The molecule has 106 valence electrons. The zero-order valence-electron chi connectivity index (χ0n) is 9.90. The summed E-state index contributed by atoms with van der Waals surface area (Å²) in [5.41, 5.74) is 11.3. The average Bonchev–Trinajstić information content (AvgIpc) is 2.31. The Bertz CT molecular complexity index is 258. The first-order valence-corrected chi connectivity index (χ1v) is 5.60. The number of nitrogens with two attached hydrogens (primary N) is 2. The number of aliphatic carboxylic acids is 2. The summed E-state index contributed by atoms with van der Waals surface area (Å²) in [6.07, 6.45) is 0.265. The Morgan fingerprint density at radius 1 is 0.889 bits per heavy atom. The molecule has 8 N–H and O–H groups in total. The highest BCUT2D eigenvalue weighted by Crippen LogP contribution is 2.14. The maximum absolute atomic E-state index is 9.77. The van der Waals surface area contributed by atoms with Crippen molar-refractivity contribution in [1.82, 2.24) is 0 Å². The second-order valence-corrected chi connectivity index (χ2v) is 4.18. The van der Waals surface area contributed by atoms with E-state index >= 15 is 0 Å². The van der Waals surface area contributed by atoms with Crippen molar-refractivity contribution in [2.75, 3.05) is 0 Å². The molecule has 0 amide bonds. The maximum Gasteiger partial charge on any atom is 0.335 e. The van der Waals surface area contributed by atoms with E-state index in [1.54, 1.807) is 0 Å². The van der Waals surface area contributed by atoms with Gasteiger partial charge in [-0.25, -0.2) is 9.59 Å². The van der Waals surface area contributed by atoms with Crippen molar-refractivity contribution in [3.8, 4) is 0 Å². The van der Waals surface area contributed by atoms with Crippen molar-refractivity contribution in [3.63, 3.8) is 0 Å². The summed E-state index contributed by atoms with van der Waals surface area (Å²) in [6.45, 7) is 0. The van der Waals surface area contributed by atoms with Crippen molar-refractivity contribution in [1.29, 1.82) is 0 Å². The average molecular weight is 264 g/mol.